The van der Waals surface area contributed by atoms with Gasteiger partial charge in [0.15, 0.2) is 0 Å². The molecular formula is C8H9F3N2O2. The van der Waals surface area contributed by atoms with Crippen LogP contribution in [0.15, 0.2) is 24.5 Å². The van der Waals surface area contributed by atoms with E-state index in [0.29, 0.717) is 5.56 Å². The Balaban J connectivity index is 0.000000288. The van der Waals surface area contributed by atoms with Gasteiger partial charge in [0, 0.05) is 12.4 Å². The number of aromatic nitrogens is 1. The SMILES string of the molecule is NC(=O)c1cccnc1.OCC(F)(F)F. The van der Waals surface area contributed by atoms with Crippen LogP contribution in [0.4, 0.5) is 13.2 Å². The Kier molecular flexibility index (Phi) is 5.32. The molecule has 0 aliphatic rings. The lowest BCUT2D eigenvalue weighted by atomic mass is 10.3. The molecule has 0 aliphatic carbocycles. The maximum Gasteiger partial charge on any atom is 0.411 e. The van der Waals surface area contributed by atoms with Crippen LogP contribution in [0.25, 0.3) is 0 Å². The van der Waals surface area contributed by atoms with E-state index >= 15 is 0 Å². The van der Waals surface area contributed by atoms with E-state index in [1.54, 1.807) is 18.3 Å². The Morgan fingerprint density at radius 3 is 2.27 bits per heavy atom. The number of primary amides is 1. The monoisotopic (exact) mass is 222 g/mol. The number of aliphatic hydroxyl groups is 1. The molecule has 0 aliphatic heterocycles. The second-order valence-electron chi connectivity index (χ2n) is 2.38. The van der Waals surface area contributed by atoms with Crippen LogP contribution in [0.3, 0.4) is 0 Å². The minimum absolute atomic E-state index is 0.442. The molecule has 0 aromatic carbocycles. The van der Waals surface area contributed by atoms with Crippen LogP contribution in [0.5, 0.6) is 0 Å². The predicted molar refractivity (Wildman–Crippen MR) is 45.9 cm³/mol. The topological polar surface area (TPSA) is 76.2 Å². The first-order valence-corrected chi connectivity index (χ1v) is 3.74. The molecule has 1 rings (SSSR count). The number of pyridine rings is 1. The quantitative estimate of drug-likeness (QED) is 0.735. The van der Waals surface area contributed by atoms with Gasteiger partial charge < -0.3 is 10.8 Å². The van der Waals surface area contributed by atoms with Crippen molar-refractivity contribution in [2.24, 2.45) is 5.73 Å². The molecule has 0 spiro atoms. The molecule has 1 aromatic heterocycles. The van der Waals surface area contributed by atoms with E-state index in [1.165, 1.54) is 6.20 Å². The summed E-state index contributed by atoms with van der Waals surface area (Å²) in [5.41, 5.74) is 5.38. The van der Waals surface area contributed by atoms with Gasteiger partial charge in [-0.3, -0.25) is 9.78 Å². The van der Waals surface area contributed by atoms with E-state index in [1.807, 2.05) is 0 Å². The van der Waals surface area contributed by atoms with Gasteiger partial charge in [-0.15, -0.1) is 0 Å². The molecule has 0 atom stereocenters. The number of rotatable bonds is 1. The van der Waals surface area contributed by atoms with Crippen molar-refractivity contribution in [3.63, 3.8) is 0 Å². The molecule has 0 radical (unpaired) electrons. The summed E-state index contributed by atoms with van der Waals surface area (Å²) in [6.07, 6.45) is -1.38. The van der Waals surface area contributed by atoms with Gasteiger partial charge in [-0.25, -0.2) is 0 Å². The van der Waals surface area contributed by atoms with Gasteiger partial charge in [-0.05, 0) is 12.1 Å². The minimum atomic E-state index is -4.40. The third-order valence-corrected chi connectivity index (χ3v) is 1.13. The van der Waals surface area contributed by atoms with Gasteiger partial charge in [0.05, 0.1) is 5.56 Å². The minimum Gasteiger partial charge on any atom is -0.387 e. The summed E-state index contributed by atoms with van der Waals surface area (Å²) in [5, 5.41) is 7.28. The maximum atomic E-state index is 10.5. The second kappa shape index (κ2) is 5.97. The van der Waals surface area contributed by atoms with Crippen molar-refractivity contribution in [1.82, 2.24) is 4.98 Å². The lowest BCUT2D eigenvalue weighted by Crippen LogP contribution is -2.12. The summed E-state index contributed by atoms with van der Waals surface area (Å²) in [6.45, 7) is -1.73. The molecule has 1 amide bonds. The van der Waals surface area contributed by atoms with Gasteiger partial charge in [0.1, 0.15) is 6.61 Å². The van der Waals surface area contributed by atoms with Crippen molar-refractivity contribution in [2.45, 2.75) is 6.18 Å². The zero-order valence-corrected chi connectivity index (χ0v) is 7.53. The van der Waals surface area contributed by atoms with E-state index in [2.05, 4.69) is 4.98 Å². The van der Waals surface area contributed by atoms with Crippen LogP contribution >= 0.6 is 0 Å². The van der Waals surface area contributed by atoms with Crippen LogP contribution in [0.1, 0.15) is 10.4 Å². The summed E-state index contributed by atoms with van der Waals surface area (Å²) in [6, 6.07) is 3.29. The fourth-order valence-electron chi connectivity index (χ4n) is 0.509. The Morgan fingerprint density at radius 1 is 1.53 bits per heavy atom. The molecule has 0 bridgehead atoms. The van der Waals surface area contributed by atoms with Gasteiger partial charge in [-0.2, -0.15) is 13.2 Å². The summed E-state index contributed by atoms with van der Waals surface area (Å²) in [5.74, 6) is -0.442. The fourth-order valence-corrected chi connectivity index (χ4v) is 0.509. The molecule has 0 unspecified atom stereocenters. The fraction of sp³-hybridized carbons (Fsp3) is 0.250. The van der Waals surface area contributed by atoms with Gasteiger partial charge >= 0.3 is 6.18 Å². The zero-order chi connectivity index (χ0) is 11.9. The molecule has 84 valence electrons. The van der Waals surface area contributed by atoms with Crippen LogP contribution < -0.4 is 5.73 Å². The van der Waals surface area contributed by atoms with Crippen LogP contribution in [-0.2, 0) is 0 Å². The summed E-state index contributed by atoms with van der Waals surface area (Å²) < 4.78 is 31.6. The van der Waals surface area contributed by atoms with E-state index < -0.39 is 18.7 Å². The Hall–Kier alpha value is -1.63. The summed E-state index contributed by atoms with van der Waals surface area (Å²) in [7, 11) is 0. The second-order valence-corrected chi connectivity index (χ2v) is 2.38. The number of hydrogen-bond acceptors (Lipinski definition) is 3. The summed E-state index contributed by atoms with van der Waals surface area (Å²) in [4.78, 5) is 14.1. The predicted octanol–water partition coefficient (Wildman–Crippen LogP) is 0.722. The average Bonchev–Trinajstić information content (AvgIpc) is 2.19. The first-order valence-electron chi connectivity index (χ1n) is 3.74. The molecule has 7 heteroatoms. The number of alkyl halides is 3. The average molecular weight is 222 g/mol. The number of nitrogens with zero attached hydrogens (tertiary/aromatic N) is 1. The maximum absolute atomic E-state index is 10.5. The van der Waals surface area contributed by atoms with Crippen molar-refractivity contribution < 1.29 is 23.1 Å². The van der Waals surface area contributed by atoms with Crippen molar-refractivity contribution in [3.05, 3.63) is 30.1 Å². The van der Waals surface area contributed by atoms with Crippen molar-refractivity contribution in [1.29, 1.82) is 0 Å². The summed E-state index contributed by atoms with van der Waals surface area (Å²) >= 11 is 0. The molecule has 15 heavy (non-hydrogen) atoms. The first-order chi connectivity index (χ1) is 6.87. The number of aliphatic hydroxyl groups excluding tert-OH is 1. The molecule has 0 fully saturated rings. The highest BCUT2D eigenvalue weighted by atomic mass is 19.4. The van der Waals surface area contributed by atoms with Gasteiger partial charge in [-0.1, -0.05) is 0 Å². The van der Waals surface area contributed by atoms with Crippen LogP contribution in [0.2, 0.25) is 0 Å². The lowest BCUT2D eigenvalue weighted by Gasteiger charge is -1.95. The van der Waals surface area contributed by atoms with Crippen molar-refractivity contribution >= 4 is 5.91 Å². The van der Waals surface area contributed by atoms with E-state index in [0.717, 1.165) is 0 Å². The highest BCUT2D eigenvalue weighted by Gasteiger charge is 2.24. The third kappa shape index (κ3) is 7.44. The molecule has 3 N–H and O–H groups in total. The smallest absolute Gasteiger partial charge is 0.387 e. The van der Waals surface area contributed by atoms with Crippen LogP contribution in [0, 0.1) is 0 Å². The Morgan fingerprint density at radius 2 is 2.07 bits per heavy atom. The zero-order valence-electron chi connectivity index (χ0n) is 7.53. The number of nitrogens with two attached hydrogens (primary N) is 1. The molecule has 4 nitrogen and oxygen atoms in total. The number of halogens is 3. The van der Waals surface area contributed by atoms with Gasteiger partial charge in [0.25, 0.3) is 0 Å². The van der Waals surface area contributed by atoms with Crippen LogP contribution in [-0.4, -0.2) is 28.8 Å². The number of amides is 1. The largest absolute Gasteiger partial charge is 0.411 e. The van der Waals surface area contributed by atoms with E-state index in [9.17, 15) is 18.0 Å². The van der Waals surface area contributed by atoms with Crippen molar-refractivity contribution in [3.8, 4) is 0 Å². The molecule has 0 saturated heterocycles. The number of carbonyl (C=O) groups is 1. The first kappa shape index (κ1) is 13.4. The van der Waals surface area contributed by atoms with Crippen molar-refractivity contribution in [2.75, 3.05) is 6.61 Å². The Bertz CT molecular complexity index is 301. The molecular weight excluding hydrogens is 213 g/mol. The van der Waals surface area contributed by atoms with E-state index in [4.69, 9.17) is 10.8 Å². The van der Waals surface area contributed by atoms with E-state index in [-0.39, 0.29) is 0 Å². The molecule has 1 aromatic rings. The third-order valence-electron chi connectivity index (χ3n) is 1.13. The standard InChI is InChI=1S/C6H6N2O.C2H3F3O/c7-6(9)5-2-1-3-8-4-5;3-2(4,5)1-6/h1-4H,(H2,7,9);6H,1H2. The number of carbonyl (C=O) groups excluding carboxylic acids is 1. The Labute approximate surface area is 83.5 Å². The lowest BCUT2D eigenvalue weighted by molar-refractivity contribution is -0.159. The van der Waals surface area contributed by atoms with Gasteiger partial charge in [0.2, 0.25) is 5.91 Å². The molecule has 0 saturated carbocycles. The highest BCUT2D eigenvalue weighted by molar-refractivity contribution is 5.92. The number of hydrogen-bond donors (Lipinski definition) is 2. The normalized spacial score (nSPS) is 10.1. The highest BCUT2D eigenvalue weighted by Crippen LogP contribution is 2.11. The molecule has 1 heterocycles.